The van der Waals surface area contributed by atoms with Crippen molar-refractivity contribution in [2.24, 2.45) is 5.41 Å². The molecule has 0 bridgehead atoms. The van der Waals surface area contributed by atoms with E-state index in [-0.39, 0.29) is 26.0 Å². The van der Waals surface area contributed by atoms with Crippen LogP contribution in [0.1, 0.15) is 46.5 Å². The topological polar surface area (TPSA) is 138 Å². The number of hydrogen-bond acceptors (Lipinski definition) is 8. The summed E-state index contributed by atoms with van der Waals surface area (Å²) in [6.45, 7) is 6.14. The number of nitrogens with zero attached hydrogens (tertiary/aromatic N) is 3. The lowest BCUT2D eigenvalue weighted by atomic mass is 9.96. The monoisotopic (exact) mass is 501 g/mol. The highest BCUT2D eigenvalue weighted by Crippen LogP contribution is 2.26. The fourth-order valence-electron chi connectivity index (χ4n) is 2.98. The average molecular weight is 502 g/mol. The molecule has 0 saturated carbocycles. The Morgan fingerprint density at radius 2 is 1.56 bits per heavy atom. The van der Waals surface area contributed by atoms with Crippen molar-refractivity contribution in [1.82, 2.24) is 14.5 Å². The largest absolute Gasteiger partial charge is 0.300 e. The molecule has 2 N–H and O–H groups in total. The Kier molecular flexibility index (Phi) is 7.22. The molecule has 3 rings (SSSR count). The lowest BCUT2D eigenvalue weighted by Gasteiger charge is -2.20. The van der Waals surface area contributed by atoms with E-state index in [9.17, 15) is 21.6 Å². The Morgan fingerprint density at radius 1 is 0.969 bits per heavy atom. The first-order chi connectivity index (χ1) is 14.9. The molecule has 2 heterocycles. The summed E-state index contributed by atoms with van der Waals surface area (Å²) < 4.78 is 54.5. The zero-order valence-electron chi connectivity index (χ0n) is 18.2. The van der Waals surface area contributed by atoms with Gasteiger partial charge in [-0.15, -0.1) is 10.2 Å². The molecule has 1 amide bonds. The predicted molar refractivity (Wildman–Crippen MR) is 122 cm³/mol. The highest BCUT2D eigenvalue weighted by molar-refractivity contribution is 7.94. The standard InChI is InChI=1S/C19H27N5O5S3/c1-19(2,3)16(25)20-17-21-22-18(30-17)31(26,27)23-14-8-10-15(11-9-14)32(28,29)24-12-6-4-5-7-13-24/h8-11,23H,4-7,12-13H2,1-3H3,(H,20,21,25). The van der Waals surface area contributed by atoms with Gasteiger partial charge in [-0.1, -0.05) is 44.9 Å². The smallest absolute Gasteiger partial charge is 0.291 e. The van der Waals surface area contributed by atoms with Crippen LogP contribution >= 0.6 is 11.3 Å². The van der Waals surface area contributed by atoms with Crippen LogP contribution in [0.3, 0.4) is 0 Å². The van der Waals surface area contributed by atoms with Gasteiger partial charge in [-0.2, -0.15) is 12.7 Å². The second-order valence-electron chi connectivity index (χ2n) is 8.53. The van der Waals surface area contributed by atoms with Crippen molar-refractivity contribution in [3.05, 3.63) is 24.3 Å². The van der Waals surface area contributed by atoms with Crippen LogP contribution in [0.15, 0.2) is 33.5 Å². The van der Waals surface area contributed by atoms with Crippen LogP contribution in [-0.4, -0.2) is 50.3 Å². The number of amides is 1. The Bertz CT molecular complexity index is 1160. The summed E-state index contributed by atoms with van der Waals surface area (Å²) in [6, 6.07) is 5.55. The average Bonchev–Trinajstić information content (AvgIpc) is 3.01. The van der Waals surface area contributed by atoms with Gasteiger partial charge in [0, 0.05) is 24.2 Å². The van der Waals surface area contributed by atoms with E-state index in [1.54, 1.807) is 20.8 Å². The van der Waals surface area contributed by atoms with E-state index in [4.69, 9.17) is 0 Å². The van der Waals surface area contributed by atoms with Gasteiger partial charge in [0.15, 0.2) is 0 Å². The van der Waals surface area contributed by atoms with Crippen molar-refractivity contribution in [3.8, 4) is 0 Å². The minimum absolute atomic E-state index is 0.0733. The minimum atomic E-state index is -4.05. The van der Waals surface area contributed by atoms with Crippen molar-refractivity contribution in [3.63, 3.8) is 0 Å². The highest BCUT2D eigenvalue weighted by Gasteiger charge is 2.27. The lowest BCUT2D eigenvalue weighted by molar-refractivity contribution is -0.123. The Morgan fingerprint density at radius 3 is 2.12 bits per heavy atom. The first kappa shape index (κ1) is 24.6. The number of anilines is 2. The van der Waals surface area contributed by atoms with Crippen LogP contribution in [-0.2, 0) is 24.8 Å². The zero-order valence-corrected chi connectivity index (χ0v) is 20.6. The van der Waals surface area contributed by atoms with Gasteiger partial charge in [0.2, 0.25) is 21.1 Å². The van der Waals surface area contributed by atoms with Gasteiger partial charge < -0.3 is 5.32 Å². The summed E-state index contributed by atoms with van der Waals surface area (Å²) in [5.74, 6) is -0.313. The molecule has 1 aromatic carbocycles. The van der Waals surface area contributed by atoms with E-state index in [1.807, 2.05) is 0 Å². The minimum Gasteiger partial charge on any atom is -0.300 e. The van der Waals surface area contributed by atoms with Crippen molar-refractivity contribution in [2.75, 3.05) is 23.1 Å². The van der Waals surface area contributed by atoms with Gasteiger partial charge >= 0.3 is 0 Å². The van der Waals surface area contributed by atoms with Gasteiger partial charge in [-0.3, -0.25) is 9.52 Å². The van der Waals surface area contributed by atoms with Crippen molar-refractivity contribution >= 4 is 48.1 Å². The molecule has 2 aromatic rings. The van der Waals surface area contributed by atoms with E-state index in [0.29, 0.717) is 13.1 Å². The third-order valence-electron chi connectivity index (χ3n) is 4.85. The molecule has 32 heavy (non-hydrogen) atoms. The van der Waals surface area contributed by atoms with Gasteiger partial charge in [0.05, 0.1) is 4.90 Å². The maximum Gasteiger partial charge on any atom is 0.291 e. The molecule has 1 fully saturated rings. The van der Waals surface area contributed by atoms with Crippen LogP contribution in [0.25, 0.3) is 0 Å². The molecule has 0 atom stereocenters. The van der Waals surface area contributed by atoms with Gasteiger partial charge in [-0.05, 0) is 37.1 Å². The van der Waals surface area contributed by atoms with Crippen molar-refractivity contribution in [1.29, 1.82) is 0 Å². The van der Waals surface area contributed by atoms with Gasteiger partial charge in [0.25, 0.3) is 14.4 Å². The number of rotatable bonds is 6. The van der Waals surface area contributed by atoms with E-state index in [1.165, 1.54) is 28.6 Å². The molecular weight excluding hydrogens is 474 g/mol. The van der Waals surface area contributed by atoms with Crippen LogP contribution in [0.5, 0.6) is 0 Å². The summed E-state index contributed by atoms with van der Waals surface area (Å²) in [5.41, 5.74) is -0.478. The van der Waals surface area contributed by atoms with E-state index in [0.717, 1.165) is 37.0 Å². The summed E-state index contributed by atoms with van der Waals surface area (Å²) in [7, 11) is -7.68. The zero-order chi connectivity index (χ0) is 23.6. The summed E-state index contributed by atoms with van der Waals surface area (Å²) >= 11 is 0.724. The molecular formula is C19H27N5O5S3. The molecule has 176 valence electrons. The normalized spacial score (nSPS) is 16.3. The number of sulfonamides is 2. The molecule has 0 radical (unpaired) electrons. The maximum atomic E-state index is 12.9. The first-order valence-corrected chi connectivity index (χ1v) is 13.9. The molecule has 1 saturated heterocycles. The number of hydrogen-bond donors (Lipinski definition) is 2. The van der Waals surface area contributed by atoms with Gasteiger partial charge in [0.1, 0.15) is 0 Å². The molecule has 1 aliphatic heterocycles. The quantitative estimate of drug-likeness (QED) is 0.580. The molecule has 0 unspecified atom stereocenters. The predicted octanol–water partition coefficient (Wildman–Crippen LogP) is 2.89. The summed E-state index contributed by atoms with van der Waals surface area (Å²) in [6.07, 6.45) is 3.69. The van der Waals surface area contributed by atoms with E-state index >= 15 is 0 Å². The third kappa shape index (κ3) is 5.82. The number of aromatic nitrogens is 2. The molecule has 13 heteroatoms. The fourth-order valence-corrected chi connectivity index (χ4v) is 6.45. The van der Waals surface area contributed by atoms with Crippen molar-refractivity contribution in [2.45, 2.75) is 55.7 Å². The second kappa shape index (κ2) is 9.41. The van der Waals surface area contributed by atoms with Crippen LogP contribution in [0.2, 0.25) is 0 Å². The first-order valence-electron chi connectivity index (χ1n) is 10.2. The van der Waals surface area contributed by atoms with E-state index in [2.05, 4.69) is 20.2 Å². The lowest BCUT2D eigenvalue weighted by Crippen LogP contribution is -2.31. The van der Waals surface area contributed by atoms with E-state index < -0.39 is 25.5 Å². The van der Waals surface area contributed by atoms with Crippen LogP contribution in [0, 0.1) is 5.41 Å². The second-order valence-corrected chi connectivity index (χ2v) is 13.3. The molecule has 0 spiro atoms. The van der Waals surface area contributed by atoms with Crippen molar-refractivity contribution < 1.29 is 21.6 Å². The number of benzene rings is 1. The molecule has 10 nitrogen and oxygen atoms in total. The SMILES string of the molecule is CC(C)(C)C(=O)Nc1nnc(S(=O)(=O)Nc2ccc(S(=O)(=O)N3CCCCCC3)cc2)s1. The molecule has 1 aromatic heterocycles. The fraction of sp³-hybridized carbons (Fsp3) is 0.526. The van der Waals surface area contributed by atoms with Crippen LogP contribution < -0.4 is 10.0 Å². The maximum absolute atomic E-state index is 12.9. The molecule has 0 aliphatic carbocycles. The Balaban J connectivity index is 1.71. The number of carbonyl (C=O) groups excluding carboxylic acids is 1. The van der Waals surface area contributed by atoms with Crippen LogP contribution in [0.4, 0.5) is 10.8 Å². The highest BCUT2D eigenvalue weighted by atomic mass is 32.2. The number of carbonyl (C=O) groups is 1. The Hall–Kier alpha value is -2.09. The summed E-state index contributed by atoms with van der Waals surface area (Å²) in [5, 5.41) is 9.98. The Labute approximate surface area is 192 Å². The number of nitrogens with one attached hydrogen (secondary N) is 2. The summed E-state index contributed by atoms with van der Waals surface area (Å²) in [4.78, 5) is 12.2. The van der Waals surface area contributed by atoms with Gasteiger partial charge in [-0.25, -0.2) is 8.42 Å². The third-order valence-corrected chi connectivity index (χ3v) is 9.35. The molecule has 1 aliphatic rings.